The zero-order valence-corrected chi connectivity index (χ0v) is 46.0. The highest BCUT2D eigenvalue weighted by atomic mass is 16.6. The molecule has 0 spiro atoms. The van der Waals surface area contributed by atoms with Crippen molar-refractivity contribution in [2.45, 2.75) is 193 Å². The van der Waals surface area contributed by atoms with E-state index in [-0.39, 0.29) is 35.5 Å². The zero-order valence-electron chi connectivity index (χ0n) is 46.0. The van der Waals surface area contributed by atoms with Crippen LogP contribution in [0.15, 0.2) is 73.1 Å². The molecule has 4 fully saturated rings. The smallest absolute Gasteiger partial charge is 0.410 e. The number of amides is 6. The summed E-state index contributed by atoms with van der Waals surface area (Å²) in [5.74, 6) is -0.824. The lowest BCUT2D eigenvalue weighted by Crippen LogP contribution is -2.55. The summed E-state index contributed by atoms with van der Waals surface area (Å²) in [6.45, 7) is 24.2. The van der Waals surface area contributed by atoms with Crippen LogP contribution >= 0.6 is 0 Å². The summed E-state index contributed by atoms with van der Waals surface area (Å²) in [5.41, 5.74) is 2.34. The summed E-state index contributed by atoms with van der Waals surface area (Å²) >= 11 is 0. The molecule has 2 saturated heterocycles. The second-order valence-corrected chi connectivity index (χ2v) is 23.1. The predicted molar refractivity (Wildman–Crippen MR) is 291 cm³/mol. The molecule has 4 N–H and O–H groups in total. The summed E-state index contributed by atoms with van der Waals surface area (Å²) in [7, 11) is 3.22. The molecule has 0 bridgehead atoms. The molecular formula is C58H86N8O8. The van der Waals surface area contributed by atoms with Crippen molar-refractivity contribution in [3.63, 3.8) is 0 Å². The number of nitrogens with one attached hydrogen (secondary N) is 4. The number of rotatable bonds is 17. The van der Waals surface area contributed by atoms with Crippen LogP contribution < -0.4 is 21.3 Å². The van der Waals surface area contributed by atoms with Crippen LogP contribution in [0.25, 0.3) is 11.1 Å². The van der Waals surface area contributed by atoms with Crippen molar-refractivity contribution in [1.29, 1.82) is 0 Å². The van der Waals surface area contributed by atoms with Crippen LogP contribution in [0.3, 0.4) is 0 Å². The van der Waals surface area contributed by atoms with Crippen LogP contribution in [-0.4, -0.2) is 130 Å². The third-order valence-corrected chi connectivity index (χ3v) is 15.3. The average Bonchev–Trinajstić information content (AvgIpc) is 4.08. The second kappa shape index (κ2) is 25.0. The van der Waals surface area contributed by atoms with Gasteiger partial charge in [-0.2, -0.15) is 0 Å². The molecule has 0 aromatic heterocycles. The first-order valence-corrected chi connectivity index (χ1v) is 27.2. The number of likely N-dealkylation sites (tertiary alicyclic amines) is 2. The van der Waals surface area contributed by atoms with Crippen molar-refractivity contribution in [3.05, 3.63) is 73.1 Å². The molecule has 0 radical (unpaired) electrons. The Labute approximate surface area is 440 Å². The van der Waals surface area contributed by atoms with Gasteiger partial charge in [-0.15, -0.1) is 0 Å². The van der Waals surface area contributed by atoms with Gasteiger partial charge in [-0.25, -0.2) is 9.59 Å². The number of hydrogen-bond donors (Lipinski definition) is 4. The Morgan fingerprint density at radius 3 is 1.46 bits per heavy atom. The largest absolute Gasteiger partial charge is 0.444 e. The van der Waals surface area contributed by atoms with Crippen LogP contribution in [-0.2, 0) is 28.7 Å². The van der Waals surface area contributed by atoms with Gasteiger partial charge in [-0.05, 0) is 131 Å². The van der Waals surface area contributed by atoms with E-state index in [1.165, 1.54) is 9.80 Å². The van der Waals surface area contributed by atoms with E-state index in [4.69, 9.17) is 9.47 Å². The average molecular weight is 1020 g/mol. The highest BCUT2D eigenvalue weighted by Gasteiger charge is 2.42. The van der Waals surface area contributed by atoms with Gasteiger partial charge in [0.05, 0.1) is 12.1 Å². The number of carbonyl (C=O) groups is 6. The molecule has 2 heterocycles. The molecule has 2 aliphatic heterocycles. The van der Waals surface area contributed by atoms with Gasteiger partial charge in [-0.1, -0.05) is 88.1 Å². The number of hydrogen-bond acceptors (Lipinski definition) is 10. The maximum atomic E-state index is 14.8. The molecule has 406 valence electrons. The Balaban J connectivity index is 1.17. The lowest BCUT2D eigenvalue weighted by molar-refractivity contribution is -0.139. The van der Waals surface area contributed by atoms with Crippen LogP contribution in [0.5, 0.6) is 0 Å². The summed E-state index contributed by atoms with van der Waals surface area (Å²) < 4.78 is 11.2. The van der Waals surface area contributed by atoms with Crippen LogP contribution in [0.2, 0.25) is 0 Å². The molecule has 2 aromatic carbocycles. The van der Waals surface area contributed by atoms with E-state index in [1.807, 2.05) is 81.1 Å². The van der Waals surface area contributed by atoms with Crippen LogP contribution in [0.4, 0.5) is 21.0 Å². The van der Waals surface area contributed by atoms with Gasteiger partial charge in [0.2, 0.25) is 23.6 Å². The Kier molecular flexibility index (Phi) is 19.3. The Morgan fingerprint density at radius 1 is 0.568 bits per heavy atom. The number of carbonyl (C=O) groups excluding carboxylic acids is 6. The summed E-state index contributed by atoms with van der Waals surface area (Å²) in [5, 5.41) is 13.1. The maximum absolute atomic E-state index is 14.8. The van der Waals surface area contributed by atoms with Crippen molar-refractivity contribution in [3.8, 4) is 11.1 Å². The van der Waals surface area contributed by atoms with Crippen LogP contribution in [0, 0.1) is 11.8 Å². The molecule has 6 atom stereocenters. The number of para-hydroxylation sites is 2. The lowest BCUT2D eigenvalue weighted by Gasteiger charge is -2.39. The highest BCUT2D eigenvalue weighted by Crippen LogP contribution is 2.37. The molecule has 2 aromatic rings. The fourth-order valence-corrected chi connectivity index (χ4v) is 10.9. The topological polar surface area (TPSA) is 182 Å². The highest BCUT2D eigenvalue weighted by molar-refractivity contribution is 6.04. The molecule has 0 unspecified atom stereocenters. The second-order valence-electron chi connectivity index (χ2n) is 23.1. The van der Waals surface area contributed by atoms with E-state index in [9.17, 15) is 28.8 Å². The predicted octanol–water partition coefficient (Wildman–Crippen LogP) is 9.83. The maximum Gasteiger partial charge on any atom is 0.410 e. The quantitative estimate of drug-likeness (QED) is 0.119. The van der Waals surface area contributed by atoms with Crippen LogP contribution in [0.1, 0.15) is 145 Å². The zero-order chi connectivity index (χ0) is 54.1. The molecule has 16 heteroatoms. The molecule has 4 aliphatic rings. The van der Waals surface area contributed by atoms with Gasteiger partial charge in [0.25, 0.3) is 0 Å². The van der Waals surface area contributed by atoms with Gasteiger partial charge in [0.1, 0.15) is 35.4 Å². The Morgan fingerprint density at radius 2 is 0.986 bits per heavy atom. The first-order valence-electron chi connectivity index (χ1n) is 27.2. The SMILES string of the molecule is C=C(N[C@H](C(=O)N1CCC[C@H]1C(=O)Nc1ccccc1-c1ccccc1NC(=O)[C@@H]1CCCN1C(=C)[C@@H](NC(=O)[C@H](C)N(C)C(=O)OC(C)(C)C)C1CCCCC1)C1CCCCC1)[C@H](C)N(C)C(=O)OC(C)(C)C. The summed E-state index contributed by atoms with van der Waals surface area (Å²) in [4.78, 5) is 90.3. The molecular weight excluding hydrogens is 937 g/mol. The van der Waals surface area contributed by atoms with Crippen molar-refractivity contribution in [1.82, 2.24) is 30.2 Å². The van der Waals surface area contributed by atoms with Crippen molar-refractivity contribution >= 4 is 47.2 Å². The Hall–Kier alpha value is -6.06. The van der Waals surface area contributed by atoms with Crippen molar-refractivity contribution < 1.29 is 38.2 Å². The normalized spacial score (nSPS) is 20.3. The third kappa shape index (κ3) is 14.6. The number of ether oxygens (including phenoxy) is 2. The fraction of sp³-hybridized carbons (Fsp3) is 0.621. The summed E-state index contributed by atoms with van der Waals surface area (Å²) in [6.07, 6.45) is 11.3. The van der Waals surface area contributed by atoms with Crippen molar-refractivity contribution in [2.24, 2.45) is 11.8 Å². The van der Waals surface area contributed by atoms with Gasteiger partial charge in [0.15, 0.2) is 0 Å². The number of likely N-dealkylation sites (N-methyl/N-ethyl adjacent to an activating group) is 2. The first kappa shape index (κ1) is 57.2. The standard InChI is InChI=1S/C58H86N8O8/c1-37(38(2)63(11)55(71)73-57(5,6)7)59-50(42-27-17-14-18-28-42)54(70)66-36-24-34-48(66)53(69)61-46-32-22-20-30-44(46)43-29-19-21-31-45(43)60-52(68)47-33-23-35-65(47)39(3)49(41-25-15-13-16-26-41)62-51(67)40(4)64(12)56(72)74-58(8,9)10/h19-22,29-32,38,40-42,47-50,59H,1,3,13-18,23-28,33-36H2,2,4-12H3,(H,60,68)(H,61,69)(H,62,67)/t38-,40-,47-,48-,49+,50-/m0/s1. The van der Waals surface area contributed by atoms with Crippen molar-refractivity contribution in [2.75, 3.05) is 37.8 Å². The minimum atomic E-state index is -0.812. The molecule has 2 saturated carbocycles. The minimum absolute atomic E-state index is 0.0331. The van der Waals surface area contributed by atoms with E-state index in [0.717, 1.165) is 70.6 Å². The minimum Gasteiger partial charge on any atom is -0.444 e. The fourth-order valence-electron chi connectivity index (χ4n) is 10.9. The molecule has 16 nitrogen and oxygen atoms in total. The molecule has 6 rings (SSSR count). The third-order valence-electron chi connectivity index (χ3n) is 15.3. The molecule has 6 amide bonds. The molecule has 2 aliphatic carbocycles. The van der Waals surface area contributed by atoms with Gasteiger partial charge in [-0.3, -0.25) is 24.1 Å². The van der Waals surface area contributed by atoms with Gasteiger partial charge >= 0.3 is 12.2 Å². The van der Waals surface area contributed by atoms with E-state index in [0.29, 0.717) is 66.2 Å². The van der Waals surface area contributed by atoms with E-state index < -0.39 is 59.6 Å². The van der Waals surface area contributed by atoms with Gasteiger partial charge < -0.3 is 45.4 Å². The van der Waals surface area contributed by atoms with E-state index >= 15 is 0 Å². The summed E-state index contributed by atoms with van der Waals surface area (Å²) in [6, 6.07) is 11.4. The first-order chi connectivity index (χ1) is 35.0. The monoisotopic (exact) mass is 1020 g/mol. The Bertz CT molecular complexity index is 2180. The van der Waals surface area contributed by atoms with Gasteiger partial charge in [0, 0.05) is 61.1 Å². The number of nitrogens with zero attached hydrogens (tertiary/aromatic N) is 4. The van der Waals surface area contributed by atoms with E-state index in [2.05, 4.69) is 34.4 Å². The van der Waals surface area contributed by atoms with E-state index in [1.54, 1.807) is 46.7 Å². The lowest BCUT2D eigenvalue weighted by atomic mass is 9.82. The number of anilines is 2. The number of benzene rings is 2. The molecule has 74 heavy (non-hydrogen) atoms.